The van der Waals surface area contributed by atoms with Crippen LogP contribution < -0.4 is 16.4 Å². The van der Waals surface area contributed by atoms with Crippen molar-refractivity contribution in [2.45, 2.75) is 45.6 Å². The summed E-state index contributed by atoms with van der Waals surface area (Å²) in [6.07, 6.45) is 2.59. The fourth-order valence-corrected chi connectivity index (χ4v) is 3.42. The van der Waals surface area contributed by atoms with Gasteiger partial charge in [0.2, 0.25) is 5.91 Å². The Morgan fingerprint density at radius 2 is 1.63 bits per heavy atom. The van der Waals surface area contributed by atoms with E-state index in [2.05, 4.69) is 17.6 Å². The molecule has 2 rings (SSSR count). The van der Waals surface area contributed by atoms with E-state index in [1.54, 1.807) is 21.3 Å². The van der Waals surface area contributed by atoms with E-state index in [0.717, 1.165) is 25.9 Å². The van der Waals surface area contributed by atoms with Crippen LogP contribution in [0.25, 0.3) is 0 Å². The number of nitrogens with one attached hydrogen (secondary N) is 2. The van der Waals surface area contributed by atoms with Crippen molar-refractivity contribution in [2.75, 3.05) is 47.6 Å². The Kier molecular flexibility index (Phi) is 11.7. The summed E-state index contributed by atoms with van der Waals surface area (Å²) in [7, 11) is 4.95. The Morgan fingerprint density at radius 3 is 1.96 bits per heavy atom. The Bertz CT molecular complexity index is 463. The normalized spacial score (nSPS) is 30.2. The Morgan fingerprint density at radius 1 is 1.11 bits per heavy atom. The molecule has 8 heteroatoms. The summed E-state index contributed by atoms with van der Waals surface area (Å²) in [4.78, 5) is 22.4. The average molecular weight is 390 g/mol. The number of carbonyl (C=O) groups excluding carboxylic acids is 1. The lowest BCUT2D eigenvalue weighted by Gasteiger charge is -2.13. The first-order chi connectivity index (χ1) is 12.8. The van der Waals surface area contributed by atoms with Crippen molar-refractivity contribution in [1.29, 1.82) is 0 Å². The van der Waals surface area contributed by atoms with Crippen molar-refractivity contribution in [3.63, 3.8) is 0 Å². The molecule has 2 aliphatic carbocycles. The smallest absolute Gasteiger partial charge is 0.324 e. The Balaban J connectivity index is 0.000000442. The van der Waals surface area contributed by atoms with Gasteiger partial charge in [-0.15, -0.1) is 0 Å². The molecule has 27 heavy (non-hydrogen) atoms. The van der Waals surface area contributed by atoms with Gasteiger partial charge in [-0.05, 0) is 45.7 Å². The number of rotatable bonds is 9. The summed E-state index contributed by atoms with van der Waals surface area (Å²) in [5.41, 5.74) is 4.04. The van der Waals surface area contributed by atoms with Gasteiger partial charge in [-0.1, -0.05) is 13.8 Å². The number of carboxylic acids is 1. The molecule has 0 aliphatic heterocycles. The van der Waals surface area contributed by atoms with Gasteiger partial charge in [-0.2, -0.15) is 0 Å². The van der Waals surface area contributed by atoms with Crippen molar-refractivity contribution in [1.82, 2.24) is 10.6 Å². The fraction of sp³-hybridized carbons (Fsp3) is 0.895. The predicted octanol–water partition coefficient (Wildman–Crippen LogP) is 0.846. The topological polar surface area (TPSA) is 123 Å². The van der Waals surface area contributed by atoms with E-state index in [1.807, 2.05) is 13.8 Å². The van der Waals surface area contributed by atoms with E-state index in [1.165, 1.54) is 0 Å². The molecule has 1 amide bonds. The molecule has 2 saturated carbocycles. The highest BCUT2D eigenvalue weighted by atomic mass is 16.5. The largest absolute Gasteiger partial charge is 0.480 e. The number of likely N-dealkylation sites (N-methyl/N-ethyl adjacent to an activating group) is 1. The van der Waals surface area contributed by atoms with Crippen molar-refractivity contribution in [2.24, 2.45) is 23.0 Å². The van der Waals surface area contributed by atoms with Crippen LogP contribution >= 0.6 is 0 Å². The molecular weight excluding hydrogens is 350 g/mol. The van der Waals surface area contributed by atoms with Crippen molar-refractivity contribution in [3.8, 4) is 0 Å². The number of methoxy groups -OCH3 is 2. The SMILES string of the molecule is CCN.CCNC(=O)[C@]1(CC)C[C@@H]1COC.CN[C@@]1(C(=O)O)C[C@@H]1COC. The van der Waals surface area contributed by atoms with E-state index in [4.69, 9.17) is 20.3 Å². The monoisotopic (exact) mass is 389 g/mol. The minimum absolute atomic E-state index is 0.105. The second kappa shape index (κ2) is 12.3. The van der Waals surface area contributed by atoms with Crippen LogP contribution in [0.2, 0.25) is 0 Å². The van der Waals surface area contributed by atoms with E-state index >= 15 is 0 Å². The zero-order chi connectivity index (χ0) is 21.1. The number of hydrogen-bond acceptors (Lipinski definition) is 6. The first-order valence-corrected chi connectivity index (χ1v) is 9.68. The van der Waals surface area contributed by atoms with Crippen LogP contribution in [-0.4, -0.2) is 70.1 Å². The fourth-order valence-electron chi connectivity index (χ4n) is 3.42. The number of ether oxygens (including phenoxy) is 2. The molecule has 2 aliphatic rings. The van der Waals surface area contributed by atoms with Crippen LogP contribution in [0.1, 0.15) is 40.0 Å². The third-order valence-electron chi connectivity index (χ3n) is 5.32. The second-order valence-corrected chi connectivity index (χ2v) is 7.02. The molecule has 0 radical (unpaired) electrons. The third kappa shape index (κ3) is 6.71. The molecule has 0 aromatic carbocycles. The van der Waals surface area contributed by atoms with Crippen molar-refractivity contribution >= 4 is 11.9 Å². The minimum atomic E-state index is -0.776. The highest BCUT2D eigenvalue weighted by Crippen LogP contribution is 2.55. The molecule has 0 aromatic rings. The van der Waals surface area contributed by atoms with E-state index in [9.17, 15) is 9.59 Å². The molecule has 5 N–H and O–H groups in total. The summed E-state index contributed by atoms with van der Waals surface area (Å²) < 4.78 is 9.94. The maximum Gasteiger partial charge on any atom is 0.324 e. The van der Waals surface area contributed by atoms with E-state index in [-0.39, 0.29) is 17.2 Å². The molecule has 0 saturated heterocycles. The first kappa shape index (κ1) is 25.8. The lowest BCUT2D eigenvalue weighted by molar-refractivity contribution is -0.141. The van der Waals surface area contributed by atoms with E-state index < -0.39 is 11.5 Å². The maximum atomic E-state index is 11.7. The summed E-state index contributed by atoms with van der Waals surface area (Å²) in [5, 5.41) is 14.5. The lowest BCUT2D eigenvalue weighted by atomic mass is 9.99. The third-order valence-corrected chi connectivity index (χ3v) is 5.32. The lowest BCUT2D eigenvalue weighted by Crippen LogP contribution is -2.39. The molecule has 0 bridgehead atoms. The summed E-state index contributed by atoms with van der Waals surface area (Å²) in [6.45, 7) is 8.64. The number of nitrogens with two attached hydrogens (primary N) is 1. The Hall–Kier alpha value is -1.22. The molecule has 4 atom stereocenters. The van der Waals surface area contributed by atoms with Gasteiger partial charge in [0.15, 0.2) is 0 Å². The molecule has 0 unspecified atom stereocenters. The zero-order valence-corrected chi connectivity index (χ0v) is 17.8. The maximum absolute atomic E-state index is 11.7. The first-order valence-electron chi connectivity index (χ1n) is 9.68. The van der Waals surface area contributed by atoms with Crippen LogP contribution in [0.3, 0.4) is 0 Å². The average Bonchev–Trinajstić information content (AvgIpc) is 3.52. The van der Waals surface area contributed by atoms with Gasteiger partial charge in [-0.3, -0.25) is 9.59 Å². The van der Waals surface area contributed by atoms with Gasteiger partial charge in [0.25, 0.3) is 0 Å². The summed E-state index contributed by atoms with van der Waals surface area (Å²) in [5.74, 6) is 0.00523. The van der Waals surface area contributed by atoms with Gasteiger partial charge in [0.05, 0.1) is 18.6 Å². The molecular formula is C19H39N3O5. The van der Waals surface area contributed by atoms with E-state index in [0.29, 0.717) is 25.6 Å². The molecule has 160 valence electrons. The van der Waals surface area contributed by atoms with Gasteiger partial charge < -0.3 is 30.9 Å². The molecule has 0 spiro atoms. The highest BCUT2D eigenvalue weighted by molar-refractivity contribution is 5.85. The number of amides is 1. The van der Waals surface area contributed by atoms with Crippen LogP contribution in [-0.2, 0) is 19.1 Å². The molecule has 8 nitrogen and oxygen atoms in total. The standard InChI is InChI=1S/C10H19NO2.C7H13NO3.C2H7N/c1-4-10(9(12)11-5-2)6-8(10)7-13-3;1-8-7(6(9)10)3-5(7)4-11-2;1-2-3/h8H,4-7H2,1-3H3,(H,11,12);5,8H,3-4H2,1-2H3,(H,9,10);2-3H2,1H3/t8-,10-;5-,7+;/m11./s1. The van der Waals surface area contributed by atoms with Crippen LogP contribution in [0.5, 0.6) is 0 Å². The van der Waals surface area contributed by atoms with Gasteiger partial charge in [-0.25, -0.2) is 0 Å². The molecule has 0 heterocycles. The summed E-state index contributed by atoms with van der Waals surface area (Å²) in [6, 6.07) is 0. The quantitative estimate of drug-likeness (QED) is 0.461. The highest BCUT2D eigenvalue weighted by Gasteiger charge is 2.59. The van der Waals surface area contributed by atoms with Crippen molar-refractivity contribution in [3.05, 3.63) is 0 Å². The van der Waals surface area contributed by atoms with Crippen molar-refractivity contribution < 1.29 is 24.2 Å². The van der Waals surface area contributed by atoms with Crippen LogP contribution in [0, 0.1) is 17.3 Å². The predicted molar refractivity (Wildman–Crippen MR) is 106 cm³/mol. The minimum Gasteiger partial charge on any atom is -0.480 e. The second-order valence-electron chi connectivity index (χ2n) is 7.02. The number of carbonyl (C=O) groups is 2. The number of hydrogen-bond donors (Lipinski definition) is 4. The van der Waals surface area contributed by atoms with Gasteiger partial charge >= 0.3 is 5.97 Å². The van der Waals surface area contributed by atoms with Gasteiger partial charge in [0, 0.05) is 26.7 Å². The summed E-state index contributed by atoms with van der Waals surface area (Å²) >= 11 is 0. The molecule has 2 fully saturated rings. The number of aliphatic carboxylic acids is 1. The Labute approximate surface area is 163 Å². The number of carboxylic acid groups (broad SMARTS) is 1. The van der Waals surface area contributed by atoms with Crippen LogP contribution in [0.15, 0.2) is 0 Å². The zero-order valence-electron chi connectivity index (χ0n) is 17.8. The van der Waals surface area contributed by atoms with Crippen LogP contribution in [0.4, 0.5) is 0 Å². The molecule has 0 aromatic heterocycles. The van der Waals surface area contributed by atoms with Gasteiger partial charge in [0.1, 0.15) is 5.54 Å².